The van der Waals surface area contributed by atoms with E-state index in [0.717, 1.165) is 40.5 Å². The Balaban J connectivity index is -0.000000733. The van der Waals surface area contributed by atoms with E-state index in [1.165, 1.54) is 0 Å². The molecule has 0 aromatic carbocycles. The lowest BCUT2D eigenvalue weighted by atomic mass is 10.4. The quantitative estimate of drug-likeness (QED) is 0.0544. The van der Waals surface area contributed by atoms with Gasteiger partial charge in [0.15, 0.2) is 0 Å². The second-order valence-electron chi connectivity index (χ2n) is 31.7. The number of rotatable bonds is 8. The predicted octanol–water partition coefficient (Wildman–Crippen LogP) is -10.8. The highest BCUT2D eigenvalue weighted by Gasteiger charge is 2.42. The average Bonchev–Trinajstić information content (AvgIpc) is 1.76. The fraction of sp³-hybridized carbons (Fsp3) is 0.667. The van der Waals surface area contributed by atoms with Gasteiger partial charge >= 0.3 is 48.2 Å². The second kappa shape index (κ2) is 61.9. The first-order chi connectivity index (χ1) is 63.4. The zero-order valence-electron chi connectivity index (χ0n) is 84.0. The normalized spacial score (nSPS) is 15.1. The lowest BCUT2D eigenvalue weighted by Gasteiger charge is -2.16. The van der Waals surface area contributed by atoms with Gasteiger partial charge in [-0.1, -0.05) is 40.5 Å². The molecule has 0 atom stereocenters. The Hall–Kier alpha value is -12.4. The van der Waals surface area contributed by atoms with E-state index in [2.05, 4.69) is 0 Å². The van der Waals surface area contributed by atoms with Crippen LogP contribution in [-0.4, -0.2) is 485 Å². The van der Waals surface area contributed by atoms with Crippen LogP contribution in [0.5, 0.6) is 0 Å². The van der Waals surface area contributed by atoms with Crippen molar-refractivity contribution in [2.45, 2.75) is 103 Å². The van der Waals surface area contributed by atoms with Crippen molar-refractivity contribution < 1.29 is 226 Å². The van der Waals surface area contributed by atoms with Gasteiger partial charge in [-0.3, -0.25) is 115 Å². The molecule has 16 amide bonds. The van der Waals surface area contributed by atoms with Gasteiger partial charge in [0.25, 0.3) is 94.5 Å². The molecular weight excluding hydrogens is 1980 g/mol. The number of halogens is 4. The van der Waals surface area contributed by atoms with Crippen LogP contribution < -0.4 is 39.1 Å². The van der Waals surface area contributed by atoms with Crippen LogP contribution in [0.1, 0.15) is 103 Å². The topological polar surface area (TPSA) is 676 Å². The summed E-state index contributed by atoms with van der Waals surface area (Å²) in [5.74, 6) is -4.65. The molecule has 8 aliphatic heterocycles. The van der Waals surface area contributed by atoms with Crippen LogP contribution in [0, 0.1) is 0 Å². The van der Waals surface area contributed by atoms with Gasteiger partial charge in [0.2, 0.25) is 0 Å². The Labute approximate surface area is 805 Å². The molecule has 0 spiro atoms. The highest BCUT2D eigenvalue weighted by molar-refractivity contribution is 7.43. The summed E-state index contributed by atoms with van der Waals surface area (Å²) in [6.45, 7) is 0. The van der Waals surface area contributed by atoms with Crippen molar-refractivity contribution in [1.82, 2.24) is 79.7 Å². The number of imide groups is 8. The third-order valence-electron chi connectivity index (χ3n) is 15.6. The highest BCUT2D eigenvalue weighted by Crippen LogP contribution is 2.25. The van der Waals surface area contributed by atoms with E-state index < -0.39 is 31.6 Å². The summed E-state index contributed by atoms with van der Waals surface area (Å²) < 4.78 is 87.8. The summed E-state index contributed by atoms with van der Waals surface area (Å²) in [6, 6.07) is 3.55. The Morgan fingerprint density at radius 1 is 0.186 bits per heavy atom. The minimum Gasteiger partial charge on any atom is -0.786 e. The van der Waals surface area contributed by atoms with Crippen molar-refractivity contribution >= 4 is 174 Å². The van der Waals surface area contributed by atoms with Crippen molar-refractivity contribution in [2.75, 3.05) is 226 Å². The van der Waals surface area contributed by atoms with Crippen LogP contribution >= 0.6 is 31.6 Å². The minimum atomic E-state index is -5.64. The average molecular weight is 2110 g/mol. The summed E-state index contributed by atoms with van der Waals surface area (Å²) in [7, 11) is 34.3. The zero-order valence-corrected chi connectivity index (χ0v) is 87.6. The summed E-state index contributed by atoms with van der Waals surface area (Å²) >= 11 is 0. The van der Waals surface area contributed by atoms with Crippen LogP contribution in [0.2, 0.25) is 0 Å². The zero-order chi connectivity index (χ0) is 111. The van der Waals surface area contributed by atoms with Crippen molar-refractivity contribution in [1.29, 1.82) is 0 Å². The van der Waals surface area contributed by atoms with E-state index in [1.807, 2.05) is 0 Å². The van der Waals surface area contributed by atoms with Crippen molar-refractivity contribution in [3.63, 3.8) is 0 Å². The van der Waals surface area contributed by atoms with Crippen LogP contribution in [0.25, 0.3) is 0 Å². The van der Waals surface area contributed by atoms with Gasteiger partial charge in [0.05, 0.1) is 226 Å². The lowest BCUT2D eigenvalue weighted by Crippen LogP contribution is -2.41. The van der Waals surface area contributed by atoms with Crippen LogP contribution in [0.4, 0.5) is 16.8 Å². The number of hydrogen-bond acceptors (Lipinski definition) is 36. The summed E-state index contributed by atoms with van der Waals surface area (Å²) in [6.07, 6.45) is 3.67. The van der Waals surface area contributed by atoms with Crippen molar-refractivity contribution in [3.8, 4) is 0 Å². The number of carbonyl (C=O) groups is 16. The van der Waals surface area contributed by atoms with Gasteiger partial charge < -0.3 is 57.4 Å². The Morgan fingerprint density at radius 2 is 0.236 bits per heavy atom. The first kappa shape index (κ1) is 134. The number of hydroxylamine groups is 16. The fourth-order valence-electron chi connectivity index (χ4n) is 10.4. The first-order valence-corrected chi connectivity index (χ1v) is 46.1. The molecule has 0 aromatic rings. The van der Waals surface area contributed by atoms with Crippen LogP contribution in [0.15, 0.2) is 0 Å². The second-order valence-corrected chi connectivity index (χ2v) is 35.1. The molecule has 8 aliphatic rings. The molecule has 8 heterocycles. The SMILES string of the molecule is CN(C)C(ON1C(=O)CCC1=O)=[N+](C)C.CN(C)C(ON1C(=O)CCC1=O)=[N+](C)C.CN(C)C(ON1C(=O)CCC1=O)=[N+](C)C.CN(C)C(ON1C(=O)CCC1=O)=[N+](C)C.CN(C)C(ON1C(=O)CCC1=O)=[N+](C)C.CN(C)C(ON1C(=O)CCC1=O)=[N+](C)C.CN(C)C(ON1C(=O)CCC1=O)=[N+](C)C.CN(C)C(ON1C(=O)CCC1=O)=[N+](C)C.O=P([O-])([O-])F.O=P([O-])([O-])F.O=P([O-])([O-])F.O=P([O-])([O-])F. The molecule has 0 radical (unpaired) electrons. The maximum Gasteiger partial charge on any atom is 0.470 e. The molecule has 60 nitrogen and oxygen atoms in total. The molecule has 8 fully saturated rings. The van der Waals surface area contributed by atoms with Gasteiger partial charge in [-0.05, 0) is 0 Å². The van der Waals surface area contributed by atoms with E-state index in [4.69, 9.17) is 96.1 Å². The molecule has 800 valence electrons. The molecule has 0 unspecified atom stereocenters. The minimum absolute atomic E-state index is 0.229. The Morgan fingerprint density at radius 3 is 0.271 bits per heavy atom. The molecule has 8 rings (SSSR count). The predicted molar refractivity (Wildman–Crippen MR) is 459 cm³/mol. The van der Waals surface area contributed by atoms with Gasteiger partial charge in [-0.15, -0.1) is 0 Å². The van der Waals surface area contributed by atoms with E-state index in [0.29, 0.717) is 48.2 Å². The molecule has 68 heteroatoms. The number of nitrogens with zero attached hydrogens (tertiary/aromatic N) is 24. The van der Waals surface area contributed by atoms with Gasteiger partial charge in [0.1, 0.15) is 31.6 Å². The maximum absolute atomic E-state index is 11.3. The van der Waals surface area contributed by atoms with Gasteiger partial charge in [-0.2, -0.15) is 0 Å². The molecule has 0 aliphatic carbocycles. The number of carbonyl (C=O) groups excluding carboxylic acids is 16. The van der Waals surface area contributed by atoms with Crippen molar-refractivity contribution in [2.24, 2.45) is 0 Å². The standard InChI is InChI=1S/8C9H16N3O3.4FH2O3P/c8*1-10(2)9(11(3)4)15-12-7(13)5-6-8(12)14;4*1-5(2,3)4/h8*5-6H2,1-4H3;4*(H2,2,3,4)/q8*+1;;;;/p-8. The number of amidine groups is 8. The smallest absolute Gasteiger partial charge is 0.470 e. The van der Waals surface area contributed by atoms with Gasteiger partial charge in [-0.25, -0.2) is 92.6 Å². The Kier molecular flexibility index (Phi) is 59.2. The summed E-state index contributed by atoms with van der Waals surface area (Å²) in [5.41, 5.74) is 0. The van der Waals surface area contributed by atoms with E-state index >= 15 is 0 Å². The van der Waals surface area contributed by atoms with E-state index in [9.17, 15) is 93.5 Å². The summed E-state index contributed by atoms with van der Waals surface area (Å²) in [5, 5.41) is 6.63. The number of amides is 16. The van der Waals surface area contributed by atoms with E-state index in [-0.39, 0.29) is 197 Å². The van der Waals surface area contributed by atoms with Crippen molar-refractivity contribution in [3.05, 3.63) is 0 Å². The third-order valence-corrected chi connectivity index (χ3v) is 15.6. The van der Waals surface area contributed by atoms with Crippen LogP contribution in [-0.2, 0) is 134 Å². The monoisotopic (exact) mass is 2100 g/mol. The molecule has 140 heavy (non-hydrogen) atoms. The largest absolute Gasteiger partial charge is 0.786 e. The lowest BCUT2D eigenvalue weighted by molar-refractivity contribution is -0.484. The van der Waals surface area contributed by atoms with E-state index in [1.54, 1.807) is 301 Å². The first-order valence-electron chi connectivity index (χ1n) is 40.3. The highest BCUT2D eigenvalue weighted by atomic mass is 31.2. The molecule has 0 bridgehead atoms. The molecule has 0 N–H and O–H groups in total. The Bertz CT molecular complexity index is 3870. The molecular formula is C72H128F4N24O36P4. The third kappa shape index (κ3) is 55.4. The molecule has 8 saturated heterocycles. The molecule has 0 aromatic heterocycles. The molecule has 0 saturated carbocycles. The maximum atomic E-state index is 11.3. The van der Waals surface area contributed by atoms with Crippen LogP contribution in [0.3, 0.4) is 0 Å². The fourth-order valence-corrected chi connectivity index (χ4v) is 10.4. The number of hydrogen-bond donors (Lipinski definition) is 0. The summed E-state index contributed by atoms with van der Waals surface area (Å²) in [4.78, 5) is 304. The van der Waals surface area contributed by atoms with Gasteiger partial charge in [0, 0.05) is 103 Å².